The highest BCUT2D eigenvalue weighted by Gasteiger charge is 2.59. The Morgan fingerprint density at radius 3 is 2.83 bits per heavy atom. The fraction of sp³-hybridized carbons (Fsp3) is 0.118. The number of benzene rings is 2. The van der Waals surface area contributed by atoms with Gasteiger partial charge >= 0.3 is 0 Å². The third-order valence-corrected chi connectivity index (χ3v) is 4.43. The van der Waals surface area contributed by atoms with Crippen LogP contribution in [0.3, 0.4) is 0 Å². The first kappa shape index (κ1) is 13.3. The standard InChI is InChI=1S/C17H12N4O2/c18-8-12-15(20)23-14-7-9(19)5-6-11(14)17(12)10-3-1-2-4-13(10)21-16(17)22/h1-7,12,20H,19H2,(H,21,22). The number of hydrogen-bond donors (Lipinski definition) is 3. The van der Waals surface area contributed by atoms with Crippen molar-refractivity contribution in [1.29, 1.82) is 10.7 Å². The topological polar surface area (TPSA) is 112 Å². The van der Waals surface area contributed by atoms with Crippen LogP contribution in [-0.4, -0.2) is 11.8 Å². The van der Waals surface area contributed by atoms with Gasteiger partial charge < -0.3 is 15.8 Å². The zero-order valence-corrected chi connectivity index (χ0v) is 12.0. The normalized spacial score (nSPS) is 24.4. The number of anilines is 2. The maximum atomic E-state index is 12.9. The quantitative estimate of drug-likeness (QED) is 0.646. The molecule has 112 valence electrons. The fourth-order valence-corrected chi connectivity index (χ4v) is 3.47. The van der Waals surface area contributed by atoms with Crippen molar-refractivity contribution in [1.82, 2.24) is 0 Å². The monoisotopic (exact) mass is 304 g/mol. The molecule has 4 N–H and O–H groups in total. The van der Waals surface area contributed by atoms with E-state index >= 15 is 0 Å². The van der Waals surface area contributed by atoms with E-state index in [0.29, 0.717) is 28.3 Å². The second kappa shape index (κ2) is 4.34. The van der Waals surface area contributed by atoms with Crippen molar-refractivity contribution >= 4 is 23.2 Å². The molecule has 2 aromatic carbocycles. The Morgan fingerprint density at radius 2 is 2.04 bits per heavy atom. The molecule has 6 heteroatoms. The molecular weight excluding hydrogens is 292 g/mol. The number of ether oxygens (including phenoxy) is 1. The van der Waals surface area contributed by atoms with E-state index in [9.17, 15) is 10.1 Å². The minimum atomic E-state index is -1.29. The first-order chi connectivity index (χ1) is 11.1. The molecule has 2 aromatic rings. The van der Waals surface area contributed by atoms with Gasteiger partial charge in [0, 0.05) is 23.0 Å². The summed E-state index contributed by atoms with van der Waals surface area (Å²) in [5, 5.41) is 20.6. The van der Waals surface area contributed by atoms with Crippen LogP contribution in [0.15, 0.2) is 42.5 Å². The van der Waals surface area contributed by atoms with E-state index in [0.717, 1.165) is 0 Å². The summed E-state index contributed by atoms with van der Waals surface area (Å²) in [6, 6.07) is 14.2. The molecule has 0 fully saturated rings. The average molecular weight is 304 g/mol. The lowest BCUT2D eigenvalue weighted by molar-refractivity contribution is -0.120. The summed E-state index contributed by atoms with van der Waals surface area (Å²) in [5.41, 5.74) is 6.85. The number of nitrogens with two attached hydrogens (primary N) is 1. The van der Waals surface area contributed by atoms with Crippen LogP contribution in [0.25, 0.3) is 0 Å². The smallest absolute Gasteiger partial charge is 0.241 e. The van der Waals surface area contributed by atoms with Crippen LogP contribution >= 0.6 is 0 Å². The van der Waals surface area contributed by atoms with Gasteiger partial charge in [0.05, 0.1) is 6.07 Å². The number of nitrogens with one attached hydrogen (secondary N) is 2. The minimum absolute atomic E-state index is 0.252. The molecule has 2 heterocycles. The lowest BCUT2D eigenvalue weighted by Gasteiger charge is -2.37. The predicted molar refractivity (Wildman–Crippen MR) is 84.2 cm³/mol. The molecular formula is C17H12N4O2. The van der Waals surface area contributed by atoms with Gasteiger partial charge in [0.1, 0.15) is 17.1 Å². The number of nitrogen functional groups attached to an aromatic ring is 1. The molecule has 2 aliphatic heterocycles. The van der Waals surface area contributed by atoms with Crippen molar-refractivity contribution in [2.24, 2.45) is 5.92 Å². The Hall–Kier alpha value is -3.33. The summed E-state index contributed by atoms with van der Waals surface area (Å²) in [5.74, 6) is -1.28. The zero-order chi connectivity index (χ0) is 16.2. The molecule has 2 aliphatic rings. The maximum absolute atomic E-state index is 12.9. The Labute approximate surface area is 132 Å². The predicted octanol–water partition coefficient (Wildman–Crippen LogP) is 2.02. The lowest BCUT2D eigenvalue weighted by Crippen LogP contribution is -2.50. The van der Waals surface area contributed by atoms with Gasteiger partial charge in [0.25, 0.3) is 0 Å². The summed E-state index contributed by atoms with van der Waals surface area (Å²) in [4.78, 5) is 12.9. The van der Waals surface area contributed by atoms with Gasteiger partial charge in [0.15, 0.2) is 0 Å². The molecule has 0 saturated carbocycles. The van der Waals surface area contributed by atoms with Gasteiger partial charge in [-0.25, -0.2) is 0 Å². The maximum Gasteiger partial charge on any atom is 0.241 e. The number of nitrogens with zero attached hydrogens (tertiary/aromatic N) is 1. The minimum Gasteiger partial charge on any atom is -0.442 e. The van der Waals surface area contributed by atoms with Gasteiger partial charge in [-0.1, -0.05) is 24.3 Å². The van der Waals surface area contributed by atoms with Crippen LogP contribution < -0.4 is 15.8 Å². The second-order valence-electron chi connectivity index (χ2n) is 5.59. The molecule has 1 amide bonds. The van der Waals surface area contributed by atoms with Crippen LogP contribution in [0, 0.1) is 22.7 Å². The average Bonchev–Trinajstić information content (AvgIpc) is 2.81. The highest BCUT2D eigenvalue weighted by molar-refractivity contribution is 6.13. The Morgan fingerprint density at radius 1 is 1.26 bits per heavy atom. The van der Waals surface area contributed by atoms with Crippen molar-refractivity contribution in [2.75, 3.05) is 11.1 Å². The Balaban J connectivity index is 2.12. The van der Waals surface area contributed by atoms with Gasteiger partial charge in [0.2, 0.25) is 11.8 Å². The summed E-state index contributed by atoms with van der Waals surface area (Å²) < 4.78 is 5.47. The van der Waals surface area contributed by atoms with Crippen molar-refractivity contribution in [3.8, 4) is 11.8 Å². The number of carbonyl (C=O) groups excluding carboxylic acids is 1. The summed E-state index contributed by atoms with van der Waals surface area (Å²) in [6.45, 7) is 0. The van der Waals surface area contributed by atoms with E-state index < -0.39 is 11.3 Å². The molecule has 23 heavy (non-hydrogen) atoms. The summed E-state index contributed by atoms with van der Waals surface area (Å²) in [7, 11) is 0. The molecule has 2 atom stereocenters. The van der Waals surface area contributed by atoms with Crippen LogP contribution in [0.1, 0.15) is 11.1 Å². The number of fused-ring (bicyclic) bond motifs is 4. The highest BCUT2D eigenvalue weighted by Crippen LogP contribution is 2.53. The Kier molecular flexibility index (Phi) is 2.51. The first-order valence-corrected chi connectivity index (χ1v) is 7.06. The van der Waals surface area contributed by atoms with E-state index in [1.54, 1.807) is 30.3 Å². The number of rotatable bonds is 0. The molecule has 0 bridgehead atoms. The van der Waals surface area contributed by atoms with Crippen LogP contribution in [-0.2, 0) is 10.2 Å². The molecule has 0 aliphatic carbocycles. The molecule has 0 radical (unpaired) electrons. The number of nitriles is 1. The molecule has 6 nitrogen and oxygen atoms in total. The van der Waals surface area contributed by atoms with Crippen molar-refractivity contribution in [3.05, 3.63) is 53.6 Å². The van der Waals surface area contributed by atoms with E-state index in [1.165, 1.54) is 0 Å². The van der Waals surface area contributed by atoms with E-state index in [2.05, 4.69) is 11.4 Å². The van der Waals surface area contributed by atoms with Gasteiger partial charge in [-0.15, -0.1) is 0 Å². The largest absolute Gasteiger partial charge is 0.442 e. The number of para-hydroxylation sites is 1. The fourth-order valence-electron chi connectivity index (χ4n) is 3.47. The van der Waals surface area contributed by atoms with Crippen molar-refractivity contribution < 1.29 is 9.53 Å². The van der Waals surface area contributed by atoms with Crippen molar-refractivity contribution in [2.45, 2.75) is 5.41 Å². The SMILES string of the molecule is N#CC1C(=N)Oc2cc(N)ccc2C12C(=O)Nc1ccccc12. The molecule has 1 spiro atoms. The second-order valence-corrected chi connectivity index (χ2v) is 5.59. The van der Waals surface area contributed by atoms with E-state index in [4.69, 9.17) is 15.9 Å². The van der Waals surface area contributed by atoms with Crippen molar-refractivity contribution in [3.63, 3.8) is 0 Å². The van der Waals surface area contributed by atoms with Crippen LogP contribution in [0.2, 0.25) is 0 Å². The Bertz CT molecular complexity index is 915. The number of carbonyl (C=O) groups is 1. The molecule has 0 saturated heterocycles. The molecule has 4 rings (SSSR count). The first-order valence-electron chi connectivity index (χ1n) is 7.06. The molecule has 2 unspecified atom stereocenters. The third kappa shape index (κ3) is 1.51. The van der Waals surface area contributed by atoms with E-state index in [-0.39, 0.29) is 11.8 Å². The van der Waals surface area contributed by atoms with Crippen LogP contribution in [0.5, 0.6) is 5.75 Å². The summed E-state index contributed by atoms with van der Waals surface area (Å²) >= 11 is 0. The van der Waals surface area contributed by atoms with Gasteiger partial charge in [-0.05, 0) is 17.7 Å². The summed E-state index contributed by atoms with van der Waals surface area (Å²) in [6.07, 6.45) is 0. The van der Waals surface area contributed by atoms with Gasteiger partial charge in [-0.2, -0.15) is 5.26 Å². The lowest BCUT2D eigenvalue weighted by atomic mass is 9.65. The highest BCUT2D eigenvalue weighted by atomic mass is 16.5. The third-order valence-electron chi connectivity index (χ3n) is 4.43. The van der Waals surface area contributed by atoms with Gasteiger partial charge in [-0.3, -0.25) is 10.2 Å². The van der Waals surface area contributed by atoms with Crippen LogP contribution in [0.4, 0.5) is 11.4 Å². The zero-order valence-electron chi connectivity index (χ0n) is 12.0. The number of amides is 1. The number of hydrogen-bond acceptors (Lipinski definition) is 5. The molecule has 0 aromatic heterocycles. The van der Waals surface area contributed by atoms with E-state index in [1.807, 2.05) is 12.1 Å².